The third-order valence-corrected chi connectivity index (χ3v) is 4.54. The van der Waals surface area contributed by atoms with E-state index in [0.717, 1.165) is 16.5 Å². The van der Waals surface area contributed by atoms with Crippen molar-refractivity contribution in [2.45, 2.75) is 6.61 Å². The van der Waals surface area contributed by atoms with Crippen LogP contribution in [0.2, 0.25) is 0 Å². The summed E-state index contributed by atoms with van der Waals surface area (Å²) in [7, 11) is 0. The van der Waals surface area contributed by atoms with Crippen LogP contribution in [0.3, 0.4) is 0 Å². The highest BCUT2D eigenvalue weighted by Gasteiger charge is 2.06. The van der Waals surface area contributed by atoms with Crippen LogP contribution in [-0.4, -0.2) is 20.3 Å². The molecule has 6 nitrogen and oxygen atoms in total. The molecule has 0 atom stereocenters. The maximum Gasteiger partial charge on any atom is 0.331 e. The summed E-state index contributed by atoms with van der Waals surface area (Å²) in [6.07, 6.45) is 6.39. The zero-order valence-corrected chi connectivity index (χ0v) is 14.3. The Bertz CT molecular complexity index is 1190. The number of fused-ring (bicyclic) bond motifs is 2. The second kappa shape index (κ2) is 6.89. The molecule has 4 rings (SSSR count). The number of hydrogen-bond acceptors (Lipinski definition) is 6. The quantitative estimate of drug-likeness (QED) is 0.412. The molecule has 0 fully saturated rings. The van der Waals surface area contributed by atoms with Crippen LogP contribution in [0, 0.1) is 0 Å². The first-order valence-electron chi connectivity index (χ1n) is 7.85. The maximum atomic E-state index is 12.0. The summed E-state index contributed by atoms with van der Waals surface area (Å²) in [6.45, 7) is -0.0550. The number of esters is 1. The molecule has 0 aliphatic rings. The normalized spacial score (nSPS) is 11.4. The first kappa shape index (κ1) is 16.2. The van der Waals surface area contributed by atoms with Gasteiger partial charge in [0.25, 0.3) is 5.56 Å². The molecule has 0 saturated heterocycles. The number of nitrogens with zero attached hydrogens (tertiary/aromatic N) is 3. The second-order valence-electron chi connectivity index (χ2n) is 5.50. The van der Waals surface area contributed by atoms with E-state index < -0.39 is 5.97 Å². The summed E-state index contributed by atoms with van der Waals surface area (Å²) in [6, 6.07) is 10.9. The molecule has 26 heavy (non-hydrogen) atoms. The lowest BCUT2D eigenvalue weighted by Gasteiger charge is -2.03. The molecule has 7 heteroatoms. The van der Waals surface area contributed by atoms with Gasteiger partial charge in [0, 0.05) is 40.9 Å². The molecule has 0 amide bonds. The Morgan fingerprint density at radius 2 is 2.15 bits per heavy atom. The van der Waals surface area contributed by atoms with Gasteiger partial charge in [0.1, 0.15) is 6.61 Å². The van der Waals surface area contributed by atoms with Crippen molar-refractivity contribution >= 4 is 39.2 Å². The molecule has 0 spiro atoms. The average Bonchev–Trinajstić information content (AvgIpc) is 3.14. The number of hydrogen-bond donors (Lipinski definition) is 0. The SMILES string of the molecule is O=C(/C=C/c1cccc2cccnc12)OCc1cc(=O)n2ccsc2n1. The van der Waals surface area contributed by atoms with Crippen LogP contribution in [0.15, 0.2) is 65.0 Å². The lowest BCUT2D eigenvalue weighted by molar-refractivity contribution is -0.139. The van der Waals surface area contributed by atoms with Gasteiger partial charge in [-0.05, 0) is 12.1 Å². The fourth-order valence-electron chi connectivity index (χ4n) is 2.58. The Morgan fingerprint density at radius 1 is 1.27 bits per heavy atom. The number of ether oxygens (including phenoxy) is 1. The molecule has 0 N–H and O–H groups in total. The minimum absolute atomic E-state index is 0.0550. The smallest absolute Gasteiger partial charge is 0.331 e. The van der Waals surface area contributed by atoms with Crippen molar-refractivity contribution in [1.82, 2.24) is 14.4 Å². The van der Waals surface area contributed by atoms with Crippen molar-refractivity contribution in [2.75, 3.05) is 0 Å². The molecule has 3 heterocycles. The highest BCUT2D eigenvalue weighted by Crippen LogP contribution is 2.17. The maximum absolute atomic E-state index is 12.0. The van der Waals surface area contributed by atoms with Crippen LogP contribution in [0.1, 0.15) is 11.3 Å². The zero-order chi connectivity index (χ0) is 17.9. The van der Waals surface area contributed by atoms with E-state index >= 15 is 0 Å². The molecule has 4 aromatic rings. The van der Waals surface area contributed by atoms with Gasteiger partial charge in [-0.15, -0.1) is 11.3 Å². The van der Waals surface area contributed by atoms with Crippen LogP contribution >= 0.6 is 11.3 Å². The Kier molecular flexibility index (Phi) is 4.28. The van der Waals surface area contributed by atoms with E-state index in [0.29, 0.717) is 10.7 Å². The lowest BCUT2D eigenvalue weighted by Crippen LogP contribution is -2.14. The van der Waals surface area contributed by atoms with Crippen molar-refractivity contribution in [1.29, 1.82) is 0 Å². The monoisotopic (exact) mass is 363 g/mol. The number of carbonyl (C=O) groups is 1. The molecule has 0 unspecified atom stereocenters. The van der Waals surface area contributed by atoms with Gasteiger partial charge < -0.3 is 4.74 Å². The predicted molar refractivity (Wildman–Crippen MR) is 99.9 cm³/mol. The average molecular weight is 363 g/mol. The number of pyridine rings is 1. The van der Waals surface area contributed by atoms with E-state index in [1.54, 1.807) is 23.8 Å². The Balaban J connectivity index is 1.47. The summed E-state index contributed by atoms with van der Waals surface area (Å²) in [5.74, 6) is -0.508. The Labute approximate surface area is 152 Å². The summed E-state index contributed by atoms with van der Waals surface area (Å²) in [5, 5.41) is 2.78. The molecule has 3 aromatic heterocycles. The lowest BCUT2D eigenvalue weighted by atomic mass is 10.1. The molecule has 0 aliphatic carbocycles. The van der Waals surface area contributed by atoms with E-state index in [9.17, 15) is 9.59 Å². The van der Waals surface area contributed by atoms with Gasteiger partial charge in [0.15, 0.2) is 4.96 Å². The first-order chi connectivity index (χ1) is 12.7. The minimum Gasteiger partial charge on any atom is -0.456 e. The van der Waals surface area contributed by atoms with E-state index in [2.05, 4.69) is 9.97 Å². The van der Waals surface area contributed by atoms with Crippen LogP contribution in [-0.2, 0) is 16.1 Å². The van der Waals surface area contributed by atoms with Crippen LogP contribution < -0.4 is 5.56 Å². The summed E-state index contributed by atoms with van der Waals surface area (Å²) >= 11 is 1.35. The largest absolute Gasteiger partial charge is 0.456 e. The summed E-state index contributed by atoms with van der Waals surface area (Å²) < 4.78 is 6.64. The van der Waals surface area contributed by atoms with Crippen LogP contribution in [0.4, 0.5) is 0 Å². The Hall–Kier alpha value is -3.32. The molecule has 1 aromatic carbocycles. The van der Waals surface area contributed by atoms with Crippen molar-refractivity contribution in [3.8, 4) is 0 Å². The molecular formula is C19H13N3O3S. The van der Waals surface area contributed by atoms with Gasteiger partial charge in [0.2, 0.25) is 0 Å². The number of para-hydroxylation sites is 1. The highest BCUT2D eigenvalue weighted by molar-refractivity contribution is 7.15. The molecule has 0 bridgehead atoms. The number of carbonyl (C=O) groups excluding carboxylic acids is 1. The van der Waals surface area contributed by atoms with Crippen molar-refractivity contribution in [3.63, 3.8) is 0 Å². The third-order valence-electron chi connectivity index (χ3n) is 3.78. The van der Waals surface area contributed by atoms with E-state index in [1.165, 1.54) is 27.9 Å². The Morgan fingerprint density at radius 3 is 3.08 bits per heavy atom. The van der Waals surface area contributed by atoms with Gasteiger partial charge in [-0.2, -0.15) is 0 Å². The molecule has 128 valence electrons. The van der Waals surface area contributed by atoms with Crippen molar-refractivity contribution in [3.05, 3.63) is 81.9 Å². The predicted octanol–water partition coefficient (Wildman–Crippen LogP) is 3.06. The van der Waals surface area contributed by atoms with E-state index in [4.69, 9.17) is 4.74 Å². The molecular weight excluding hydrogens is 350 g/mol. The topological polar surface area (TPSA) is 73.6 Å². The summed E-state index contributed by atoms with van der Waals surface area (Å²) in [5.41, 5.74) is 1.87. The number of thiazole rings is 1. The van der Waals surface area contributed by atoms with Gasteiger partial charge in [-0.3, -0.25) is 14.2 Å². The highest BCUT2D eigenvalue weighted by atomic mass is 32.1. The number of benzene rings is 1. The molecule has 0 radical (unpaired) electrons. The van der Waals surface area contributed by atoms with Crippen LogP contribution in [0.5, 0.6) is 0 Å². The fourth-order valence-corrected chi connectivity index (χ4v) is 3.31. The van der Waals surface area contributed by atoms with Crippen molar-refractivity contribution in [2.24, 2.45) is 0 Å². The fraction of sp³-hybridized carbons (Fsp3) is 0.0526. The summed E-state index contributed by atoms with van der Waals surface area (Å²) in [4.78, 5) is 33.1. The standard InChI is InChI=1S/C19H13N3O3S/c23-16-11-15(21-19-22(16)9-10-26-19)12-25-17(24)7-6-14-4-1-3-13-5-2-8-20-18(13)14/h1-11H,12H2/b7-6+. The van der Waals surface area contributed by atoms with Gasteiger partial charge >= 0.3 is 5.97 Å². The second-order valence-corrected chi connectivity index (χ2v) is 6.38. The minimum atomic E-state index is -0.508. The van der Waals surface area contributed by atoms with Crippen LogP contribution in [0.25, 0.3) is 21.9 Å². The van der Waals surface area contributed by atoms with E-state index in [-0.39, 0.29) is 12.2 Å². The number of aromatic nitrogens is 3. The van der Waals surface area contributed by atoms with Gasteiger partial charge in [-0.1, -0.05) is 24.3 Å². The molecule has 0 aliphatic heterocycles. The van der Waals surface area contributed by atoms with Gasteiger partial charge in [0.05, 0.1) is 11.2 Å². The third kappa shape index (κ3) is 3.25. The van der Waals surface area contributed by atoms with E-state index in [1.807, 2.05) is 30.3 Å². The van der Waals surface area contributed by atoms with Gasteiger partial charge in [-0.25, -0.2) is 9.78 Å². The van der Waals surface area contributed by atoms with Crippen molar-refractivity contribution < 1.29 is 9.53 Å². The number of rotatable bonds is 4. The molecule has 0 saturated carbocycles. The first-order valence-corrected chi connectivity index (χ1v) is 8.73. The zero-order valence-electron chi connectivity index (χ0n) is 13.5.